The molecule has 28 heavy (non-hydrogen) atoms. The lowest BCUT2D eigenvalue weighted by molar-refractivity contribution is -0.120. The summed E-state index contributed by atoms with van der Waals surface area (Å²) in [6.45, 7) is 5.63. The molecule has 0 heterocycles. The fourth-order valence-corrected chi connectivity index (χ4v) is 2.65. The molecule has 0 unspecified atom stereocenters. The van der Waals surface area contributed by atoms with E-state index in [9.17, 15) is 18.8 Å². The van der Waals surface area contributed by atoms with Gasteiger partial charge >= 0.3 is 0 Å². The van der Waals surface area contributed by atoms with Gasteiger partial charge in [0.15, 0.2) is 0 Å². The van der Waals surface area contributed by atoms with Crippen LogP contribution >= 0.6 is 0 Å². The van der Waals surface area contributed by atoms with Crippen LogP contribution in [0.3, 0.4) is 0 Å². The summed E-state index contributed by atoms with van der Waals surface area (Å²) in [6.07, 6.45) is 0. The molecule has 148 valence electrons. The average molecular weight is 385 g/mol. The van der Waals surface area contributed by atoms with E-state index >= 15 is 0 Å². The van der Waals surface area contributed by atoms with Gasteiger partial charge in [0.1, 0.15) is 5.82 Å². The number of amides is 3. The van der Waals surface area contributed by atoms with Crippen LogP contribution in [-0.4, -0.2) is 37.4 Å². The molecule has 6 nitrogen and oxygen atoms in total. The largest absolute Gasteiger partial charge is 0.353 e. The highest BCUT2D eigenvalue weighted by Crippen LogP contribution is 2.09. The van der Waals surface area contributed by atoms with E-state index in [1.54, 1.807) is 19.1 Å². The van der Waals surface area contributed by atoms with Crippen molar-refractivity contribution in [1.82, 2.24) is 16.0 Å². The fraction of sp³-hybridized carbons (Fsp3) is 0.286. The number of carbonyl (C=O) groups is 3. The van der Waals surface area contributed by atoms with E-state index < -0.39 is 11.7 Å². The Labute approximate surface area is 163 Å². The summed E-state index contributed by atoms with van der Waals surface area (Å²) in [5.74, 6) is -1.55. The molecule has 0 saturated heterocycles. The van der Waals surface area contributed by atoms with Gasteiger partial charge in [0.2, 0.25) is 5.91 Å². The van der Waals surface area contributed by atoms with Gasteiger partial charge in [0, 0.05) is 24.2 Å². The van der Waals surface area contributed by atoms with Crippen LogP contribution in [0.25, 0.3) is 0 Å². The molecule has 0 aromatic heterocycles. The summed E-state index contributed by atoms with van der Waals surface area (Å²) in [5.41, 5.74) is 3.13. The molecule has 0 aliphatic carbocycles. The number of rotatable bonds is 7. The molecule has 3 N–H and O–H groups in total. The average Bonchev–Trinajstić information content (AvgIpc) is 2.64. The van der Waals surface area contributed by atoms with Crippen LogP contribution < -0.4 is 16.0 Å². The molecule has 2 aromatic rings. The van der Waals surface area contributed by atoms with Gasteiger partial charge in [-0.15, -0.1) is 0 Å². The second-order valence-corrected chi connectivity index (χ2v) is 6.63. The van der Waals surface area contributed by atoms with Gasteiger partial charge in [-0.1, -0.05) is 23.3 Å². The topological polar surface area (TPSA) is 87.3 Å². The molecular formula is C21H24FN3O3. The summed E-state index contributed by atoms with van der Waals surface area (Å²) >= 11 is 0. The van der Waals surface area contributed by atoms with Crippen LogP contribution in [0.15, 0.2) is 36.4 Å². The molecule has 0 spiro atoms. The standard InChI is InChI=1S/C21H24FN3O3/c1-13-8-14(2)10-17(9-13)21(28)25-12-19(26)23-6-7-24-20(27)16-5-4-15(3)18(22)11-16/h4-5,8-11H,6-7,12H2,1-3H3,(H,23,26)(H,24,27)(H,25,28). The number of hydrogen-bond acceptors (Lipinski definition) is 3. The number of aryl methyl sites for hydroxylation is 3. The molecular weight excluding hydrogens is 361 g/mol. The minimum absolute atomic E-state index is 0.164. The van der Waals surface area contributed by atoms with Gasteiger partial charge in [-0.05, 0) is 50.6 Å². The van der Waals surface area contributed by atoms with Crippen LogP contribution in [0.1, 0.15) is 37.4 Å². The monoisotopic (exact) mass is 385 g/mol. The van der Waals surface area contributed by atoms with Gasteiger partial charge in [-0.25, -0.2) is 4.39 Å². The molecule has 3 amide bonds. The lowest BCUT2D eigenvalue weighted by atomic mass is 10.1. The minimum atomic E-state index is -0.444. The molecule has 0 radical (unpaired) electrons. The Kier molecular flexibility index (Phi) is 7.26. The molecule has 0 saturated carbocycles. The number of nitrogens with one attached hydrogen (secondary N) is 3. The van der Waals surface area contributed by atoms with Gasteiger partial charge < -0.3 is 16.0 Å². The Morgan fingerprint density at radius 2 is 1.39 bits per heavy atom. The first-order valence-electron chi connectivity index (χ1n) is 8.94. The van der Waals surface area contributed by atoms with Crippen LogP contribution in [0, 0.1) is 26.6 Å². The van der Waals surface area contributed by atoms with Gasteiger partial charge in [-0.2, -0.15) is 0 Å². The third kappa shape index (κ3) is 6.19. The molecule has 2 rings (SSSR count). The number of halogens is 1. The SMILES string of the molecule is Cc1cc(C)cc(C(=O)NCC(=O)NCCNC(=O)c2ccc(C)c(F)c2)c1. The van der Waals surface area contributed by atoms with Gasteiger partial charge in [-0.3, -0.25) is 14.4 Å². The highest BCUT2D eigenvalue weighted by molar-refractivity contribution is 5.97. The maximum absolute atomic E-state index is 13.5. The van der Waals surface area contributed by atoms with Crippen molar-refractivity contribution in [2.24, 2.45) is 0 Å². The number of benzene rings is 2. The Hall–Kier alpha value is -3.22. The van der Waals surface area contributed by atoms with Crippen molar-refractivity contribution in [3.05, 3.63) is 70.0 Å². The van der Waals surface area contributed by atoms with E-state index in [1.165, 1.54) is 18.2 Å². The molecule has 0 atom stereocenters. The maximum atomic E-state index is 13.5. The highest BCUT2D eigenvalue weighted by atomic mass is 19.1. The summed E-state index contributed by atoms with van der Waals surface area (Å²) in [6, 6.07) is 9.71. The Morgan fingerprint density at radius 3 is 2.04 bits per heavy atom. The third-order valence-corrected chi connectivity index (χ3v) is 4.06. The van der Waals surface area contributed by atoms with E-state index in [0.29, 0.717) is 11.1 Å². The van der Waals surface area contributed by atoms with Crippen LogP contribution in [0.4, 0.5) is 4.39 Å². The summed E-state index contributed by atoms with van der Waals surface area (Å²) in [5, 5.41) is 7.75. The van der Waals surface area contributed by atoms with Crippen molar-refractivity contribution >= 4 is 17.7 Å². The zero-order chi connectivity index (χ0) is 20.7. The van der Waals surface area contributed by atoms with Crippen molar-refractivity contribution in [1.29, 1.82) is 0 Å². The first-order valence-corrected chi connectivity index (χ1v) is 8.94. The van der Waals surface area contributed by atoms with Gasteiger partial charge in [0.05, 0.1) is 6.54 Å². The summed E-state index contributed by atoms with van der Waals surface area (Å²) in [7, 11) is 0. The van der Waals surface area contributed by atoms with Crippen molar-refractivity contribution in [3.8, 4) is 0 Å². The van der Waals surface area contributed by atoms with Crippen molar-refractivity contribution < 1.29 is 18.8 Å². The summed E-state index contributed by atoms with van der Waals surface area (Å²) < 4.78 is 13.5. The van der Waals surface area contributed by atoms with E-state index in [0.717, 1.165) is 11.1 Å². The normalized spacial score (nSPS) is 10.3. The predicted octanol–water partition coefficient (Wildman–Crippen LogP) is 2.03. The third-order valence-electron chi connectivity index (χ3n) is 4.06. The van der Waals surface area contributed by atoms with Crippen LogP contribution in [0.5, 0.6) is 0 Å². The van der Waals surface area contributed by atoms with Crippen molar-refractivity contribution in [3.63, 3.8) is 0 Å². The molecule has 7 heteroatoms. The Bertz CT molecular complexity index is 876. The van der Waals surface area contributed by atoms with E-state index in [2.05, 4.69) is 16.0 Å². The molecule has 0 aliphatic rings. The summed E-state index contributed by atoms with van der Waals surface area (Å²) in [4.78, 5) is 35.9. The van der Waals surface area contributed by atoms with Crippen LogP contribution in [0.2, 0.25) is 0 Å². The fourth-order valence-electron chi connectivity index (χ4n) is 2.65. The molecule has 2 aromatic carbocycles. The molecule has 0 fully saturated rings. The quantitative estimate of drug-likeness (QED) is 0.638. The van der Waals surface area contributed by atoms with Crippen LogP contribution in [-0.2, 0) is 4.79 Å². The minimum Gasteiger partial charge on any atom is -0.353 e. The zero-order valence-electron chi connectivity index (χ0n) is 16.2. The lowest BCUT2D eigenvalue weighted by Crippen LogP contribution is -2.40. The van der Waals surface area contributed by atoms with E-state index in [1.807, 2.05) is 19.9 Å². The van der Waals surface area contributed by atoms with Gasteiger partial charge in [0.25, 0.3) is 11.8 Å². The zero-order valence-corrected chi connectivity index (χ0v) is 16.2. The number of hydrogen-bond donors (Lipinski definition) is 3. The Balaban J connectivity index is 1.70. The number of carbonyl (C=O) groups excluding carboxylic acids is 3. The first-order chi connectivity index (χ1) is 13.3. The van der Waals surface area contributed by atoms with E-state index in [4.69, 9.17) is 0 Å². The molecule has 0 aliphatic heterocycles. The van der Waals surface area contributed by atoms with Crippen molar-refractivity contribution in [2.45, 2.75) is 20.8 Å². The Morgan fingerprint density at radius 1 is 0.786 bits per heavy atom. The highest BCUT2D eigenvalue weighted by Gasteiger charge is 2.10. The second-order valence-electron chi connectivity index (χ2n) is 6.63. The lowest BCUT2D eigenvalue weighted by Gasteiger charge is -2.09. The van der Waals surface area contributed by atoms with E-state index in [-0.39, 0.29) is 37.0 Å². The predicted molar refractivity (Wildman–Crippen MR) is 105 cm³/mol. The first kappa shape index (κ1) is 21.1. The second kappa shape index (κ2) is 9.64. The maximum Gasteiger partial charge on any atom is 0.251 e. The molecule has 0 bridgehead atoms. The van der Waals surface area contributed by atoms with Crippen molar-refractivity contribution in [2.75, 3.05) is 19.6 Å². The smallest absolute Gasteiger partial charge is 0.251 e.